The van der Waals surface area contributed by atoms with E-state index in [0.717, 1.165) is 0 Å². The number of carboxylic acid groups (broad SMARTS) is 1. The third kappa shape index (κ3) is 3.93. The Balaban J connectivity index is 1.71. The summed E-state index contributed by atoms with van der Waals surface area (Å²) in [6.07, 6.45) is -0.0358. The van der Waals surface area contributed by atoms with Gasteiger partial charge in [-0.25, -0.2) is 0 Å². The quantitative estimate of drug-likeness (QED) is 0.870. The number of ether oxygens (including phenoxy) is 1. The molecule has 0 spiro atoms. The fraction of sp³-hybridized carbons (Fsp3) is 0.471. The van der Waals surface area contributed by atoms with Gasteiger partial charge < -0.3 is 19.6 Å². The van der Waals surface area contributed by atoms with Crippen molar-refractivity contribution in [3.05, 3.63) is 29.3 Å². The minimum atomic E-state index is -0.974. The van der Waals surface area contributed by atoms with E-state index in [2.05, 4.69) is 0 Å². The molecule has 2 saturated heterocycles. The van der Waals surface area contributed by atoms with Gasteiger partial charge in [0.05, 0.1) is 31.6 Å². The van der Waals surface area contributed by atoms with Crippen LogP contribution in [0.3, 0.4) is 0 Å². The summed E-state index contributed by atoms with van der Waals surface area (Å²) in [6, 6.07) is 6.40. The number of halogens is 1. The smallest absolute Gasteiger partial charge is 0.305 e. The molecule has 0 bridgehead atoms. The summed E-state index contributed by atoms with van der Waals surface area (Å²) in [5.74, 6) is -1.75. The van der Waals surface area contributed by atoms with Crippen LogP contribution in [0.25, 0.3) is 0 Å². The number of carbonyl (C=O) groups excluding carboxylic acids is 2. The summed E-state index contributed by atoms with van der Waals surface area (Å²) in [7, 11) is 0. The average molecular weight is 367 g/mol. The van der Waals surface area contributed by atoms with Gasteiger partial charge >= 0.3 is 5.97 Å². The largest absolute Gasteiger partial charge is 0.481 e. The van der Waals surface area contributed by atoms with Crippen molar-refractivity contribution < 1.29 is 24.2 Å². The van der Waals surface area contributed by atoms with E-state index in [1.54, 1.807) is 34.1 Å². The predicted octanol–water partition coefficient (Wildman–Crippen LogP) is 1.40. The first-order valence-electron chi connectivity index (χ1n) is 8.11. The zero-order chi connectivity index (χ0) is 18.0. The minimum absolute atomic E-state index is 0.122. The maximum Gasteiger partial charge on any atom is 0.305 e. The number of nitrogens with zero attached hydrogens (tertiary/aromatic N) is 2. The molecule has 2 fully saturated rings. The number of amides is 2. The molecule has 25 heavy (non-hydrogen) atoms. The van der Waals surface area contributed by atoms with E-state index >= 15 is 0 Å². The Morgan fingerprint density at radius 1 is 1.28 bits per heavy atom. The Kier molecular flexibility index (Phi) is 5.24. The van der Waals surface area contributed by atoms with Gasteiger partial charge in [-0.2, -0.15) is 0 Å². The summed E-state index contributed by atoms with van der Waals surface area (Å²) < 4.78 is 5.30. The Bertz CT molecular complexity index is 678. The van der Waals surface area contributed by atoms with E-state index in [4.69, 9.17) is 21.4 Å². The number of hydrogen-bond donors (Lipinski definition) is 1. The van der Waals surface area contributed by atoms with Crippen molar-refractivity contribution in [1.82, 2.24) is 4.90 Å². The highest BCUT2D eigenvalue weighted by molar-refractivity contribution is 6.30. The van der Waals surface area contributed by atoms with Gasteiger partial charge in [0.1, 0.15) is 0 Å². The molecular formula is C17H19ClN2O5. The van der Waals surface area contributed by atoms with Crippen LogP contribution in [0.2, 0.25) is 5.02 Å². The Labute approximate surface area is 150 Å². The maximum atomic E-state index is 12.8. The SMILES string of the molecule is O=C(O)CC1COCCN1C(=O)C1CC(=O)N(c2ccc(Cl)cc2)C1. The number of benzene rings is 1. The first kappa shape index (κ1) is 17.7. The van der Waals surface area contributed by atoms with Crippen LogP contribution in [0, 0.1) is 5.92 Å². The van der Waals surface area contributed by atoms with Crippen LogP contribution in [-0.4, -0.2) is 60.1 Å². The Hall–Kier alpha value is -2.12. The third-order valence-electron chi connectivity index (χ3n) is 4.53. The molecule has 2 unspecified atom stereocenters. The fourth-order valence-electron chi connectivity index (χ4n) is 3.29. The average Bonchev–Trinajstić information content (AvgIpc) is 2.97. The molecule has 2 aliphatic heterocycles. The van der Waals surface area contributed by atoms with Crippen LogP contribution in [0.15, 0.2) is 24.3 Å². The van der Waals surface area contributed by atoms with Gasteiger partial charge in [-0.1, -0.05) is 11.6 Å². The molecular weight excluding hydrogens is 348 g/mol. The molecule has 2 heterocycles. The number of rotatable bonds is 4. The van der Waals surface area contributed by atoms with Crippen LogP contribution in [0.5, 0.6) is 0 Å². The highest BCUT2D eigenvalue weighted by Gasteiger charge is 2.40. The number of aliphatic carboxylic acids is 1. The van der Waals surface area contributed by atoms with Crippen molar-refractivity contribution in [2.24, 2.45) is 5.92 Å². The van der Waals surface area contributed by atoms with Crippen LogP contribution >= 0.6 is 11.6 Å². The second-order valence-electron chi connectivity index (χ2n) is 6.24. The third-order valence-corrected chi connectivity index (χ3v) is 4.79. The van der Waals surface area contributed by atoms with Crippen molar-refractivity contribution in [1.29, 1.82) is 0 Å². The van der Waals surface area contributed by atoms with Crippen LogP contribution in [0.1, 0.15) is 12.8 Å². The molecule has 7 nitrogen and oxygen atoms in total. The van der Waals surface area contributed by atoms with E-state index in [-0.39, 0.29) is 37.8 Å². The molecule has 0 aromatic heterocycles. The van der Waals surface area contributed by atoms with Gasteiger partial charge in [-0.3, -0.25) is 14.4 Å². The molecule has 1 aromatic rings. The normalized spacial score (nSPS) is 23.8. The summed E-state index contributed by atoms with van der Waals surface area (Å²) in [6.45, 7) is 1.22. The molecule has 0 radical (unpaired) electrons. The van der Waals surface area contributed by atoms with Crippen molar-refractivity contribution in [2.45, 2.75) is 18.9 Å². The molecule has 2 amide bonds. The van der Waals surface area contributed by atoms with Crippen molar-refractivity contribution in [2.75, 3.05) is 31.2 Å². The van der Waals surface area contributed by atoms with Gasteiger partial charge in [0.15, 0.2) is 0 Å². The zero-order valence-electron chi connectivity index (χ0n) is 13.6. The van der Waals surface area contributed by atoms with E-state index < -0.39 is 17.9 Å². The topological polar surface area (TPSA) is 87.1 Å². The molecule has 3 rings (SSSR count). The van der Waals surface area contributed by atoms with Gasteiger partial charge in [-0.15, -0.1) is 0 Å². The number of carbonyl (C=O) groups is 3. The number of carboxylic acids is 1. The molecule has 1 aromatic carbocycles. The molecule has 2 atom stereocenters. The van der Waals surface area contributed by atoms with Crippen LogP contribution in [0.4, 0.5) is 5.69 Å². The standard InChI is InChI=1S/C17H19ClN2O5/c18-12-1-3-13(4-2-12)20-9-11(7-15(20)21)17(24)19-5-6-25-10-14(19)8-16(22)23/h1-4,11,14H,5-10H2,(H,22,23). The molecule has 1 N–H and O–H groups in total. The lowest BCUT2D eigenvalue weighted by Crippen LogP contribution is -2.51. The lowest BCUT2D eigenvalue weighted by atomic mass is 10.0. The summed E-state index contributed by atoms with van der Waals surface area (Å²) in [5, 5.41) is 9.60. The Morgan fingerprint density at radius 2 is 2.00 bits per heavy atom. The first-order valence-corrected chi connectivity index (χ1v) is 8.49. The van der Waals surface area contributed by atoms with Gasteiger partial charge in [0.25, 0.3) is 0 Å². The second kappa shape index (κ2) is 7.41. The van der Waals surface area contributed by atoms with Crippen molar-refractivity contribution in [3.63, 3.8) is 0 Å². The monoisotopic (exact) mass is 366 g/mol. The van der Waals surface area contributed by atoms with Crippen molar-refractivity contribution in [3.8, 4) is 0 Å². The minimum Gasteiger partial charge on any atom is -0.481 e. The van der Waals surface area contributed by atoms with E-state index in [1.165, 1.54) is 0 Å². The predicted molar refractivity (Wildman–Crippen MR) is 90.5 cm³/mol. The summed E-state index contributed by atoms with van der Waals surface area (Å²) in [4.78, 5) is 39.3. The highest BCUT2D eigenvalue weighted by Crippen LogP contribution is 2.28. The number of hydrogen-bond acceptors (Lipinski definition) is 4. The van der Waals surface area contributed by atoms with E-state index in [9.17, 15) is 14.4 Å². The molecule has 2 aliphatic rings. The molecule has 134 valence electrons. The second-order valence-corrected chi connectivity index (χ2v) is 6.68. The van der Waals surface area contributed by atoms with Crippen LogP contribution < -0.4 is 4.90 Å². The van der Waals surface area contributed by atoms with E-state index in [0.29, 0.717) is 23.9 Å². The lowest BCUT2D eigenvalue weighted by Gasteiger charge is -2.36. The number of morpholine rings is 1. The maximum absolute atomic E-state index is 12.8. The molecule has 8 heteroatoms. The fourth-order valence-corrected chi connectivity index (χ4v) is 3.42. The lowest BCUT2D eigenvalue weighted by molar-refractivity contribution is -0.149. The van der Waals surface area contributed by atoms with Crippen molar-refractivity contribution >= 4 is 35.1 Å². The van der Waals surface area contributed by atoms with E-state index in [1.807, 2.05) is 0 Å². The molecule has 0 saturated carbocycles. The Morgan fingerprint density at radius 3 is 2.68 bits per heavy atom. The van der Waals surface area contributed by atoms with Crippen LogP contribution in [-0.2, 0) is 19.1 Å². The summed E-state index contributed by atoms with van der Waals surface area (Å²) in [5.41, 5.74) is 0.703. The highest BCUT2D eigenvalue weighted by atomic mass is 35.5. The van der Waals surface area contributed by atoms with Gasteiger partial charge in [-0.05, 0) is 24.3 Å². The zero-order valence-corrected chi connectivity index (χ0v) is 14.3. The molecule has 0 aliphatic carbocycles. The summed E-state index contributed by atoms with van der Waals surface area (Å²) >= 11 is 5.87. The first-order chi connectivity index (χ1) is 12.0. The number of anilines is 1. The van der Waals surface area contributed by atoms with Gasteiger partial charge in [0, 0.05) is 30.2 Å². The van der Waals surface area contributed by atoms with Gasteiger partial charge in [0.2, 0.25) is 11.8 Å².